The van der Waals surface area contributed by atoms with Crippen molar-refractivity contribution in [3.05, 3.63) is 59.9 Å². The molecule has 2 N–H and O–H groups in total. The molecule has 0 amide bonds. The van der Waals surface area contributed by atoms with E-state index in [4.69, 9.17) is 14.5 Å². The molecule has 0 saturated carbocycles. The number of ether oxygens (including phenoxy) is 2. The van der Waals surface area contributed by atoms with E-state index in [2.05, 4.69) is 61.5 Å². The molecule has 1 saturated heterocycles. The van der Waals surface area contributed by atoms with E-state index in [1.807, 2.05) is 18.2 Å². The van der Waals surface area contributed by atoms with Crippen molar-refractivity contribution in [2.75, 3.05) is 39.5 Å². The fraction of sp³-hybridized carbons (Fsp3) is 0.375. The van der Waals surface area contributed by atoms with Crippen LogP contribution in [0.1, 0.15) is 18.1 Å². The van der Waals surface area contributed by atoms with Crippen molar-refractivity contribution >= 4 is 5.96 Å². The number of fused-ring (bicyclic) bond motifs is 1. The Balaban J connectivity index is 1.19. The third-order valence-corrected chi connectivity index (χ3v) is 5.88. The molecule has 3 aromatic rings. The van der Waals surface area contributed by atoms with Crippen LogP contribution in [0.15, 0.2) is 53.8 Å². The molecule has 2 aliphatic heterocycles. The van der Waals surface area contributed by atoms with E-state index in [1.54, 1.807) is 0 Å². The van der Waals surface area contributed by atoms with Crippen LogP contribution in [-0.4, -0.2) is 70.5 Å². The number of rotatable bonds is 6. The maximum absolute atomic E-state index is 5.51. The molecule has 2 aliphatic rings. The summed E-state index contributed by atoms with van der Waals surface area (Å²) in [6, 6.07) is 14.5. The number of aliphatic imine (C=N–C) groups is 1. The molecule has 9 nitrogen and oxygen atoms in total. The number of guanidine groups is 1. The number of hydrogen-bond acceptors (Lipinski definition) is 6. The Morgan fingerprint density at radius 1 is 1.06 bits per heavy atom. The van der Waals surface area contributed by atoms with Gasteiger partial charge in [-0.15, -0.1) is 0 Å². The molecule has 0 spiro atoms. The van der Waals surface area contributed by atoms with Gasteiger partial charge in [-0.3, -0.25) is 10.00 Å². The summed E-state index contributed by atoms with van der Waals surface area (Å²) in [5, 5.41) is 10.3. The zero-order chi connectivity index (χ0) is 22.5. The Morgan fingerprint density at radius 3 is 2.76 bits per heavy atom. The van der Waals surface area contributed by atoms with Gasteiger partial charge < -0.3 is 19.7 Å². The lowest BCUT2D eigenvalue weighted by atomic mass is 10.1. The third kappa shape index (κ3) is 5.09. The molecule has 2 aromatic carbocycles. The topological polar surface area (TPSA) is 90.9 Å². The standard InChI is InChI=1S/C24H29N7O2/c1-2-25-24(26-14-18-4-3-5-20(12-18)23-27-16-28-29-23)31-10-8-30(9-11-31)15-19-6-7-21-22(13-19)33-17-32-21/h3-7,12-13,16H,2,8-11,14-15,17H2,1H3,(H,25,26)(H,27,28,29). The molecule has 0 aliphatic carbocycles. The summed E-state index contributed by atoms with van der Waals surface area (Å²) in [4.78, 5) is 14.0. The fourth-order valence-corrected chi connectivity index (χ4v) is 4.17. The summed E-state index contributed by atoms with van der Waals surface area (Å²) in [5.74, 6) is 3.41. The van der Waals surface area contributed by atoms with Gasteiger partial charge in [0, 0.05) is 44.8 Å². The van der Waals surface area contributed by atoms with Crippen LogP contribution in [0, 0.1) is 0 Å². The van der Waals surface area contributed by atoms with E-state index in [0.717, 1.165) is 73.7 Å². The summed E-state index contributed by atoms with van der Waals surface area (Å²) < 4.78 is 10.9. The van der Waals surface area contributed by atoms with Gasteiger partial charge in [0.05, 0.1) is 6.54 Å². The zero-order valence-corrected chi connectivity index (χ0v) is 18.8. The molecular weight excluding hydrogens is 418 g/mol. The zero-order valence-electron chi connectivity index (χ0n) is 18.8. The SMILES string of the molecule is CCNC(=NCc1cccc(-c2ncn[nH]2)c1)N1CCN(Cc2ccc3c(c2)OCO3)CC1. The smallest absolute Gasteiger partial charge is 0.231 e. The Labute approximate surface area is 193 Å². The maximum Gasteiger partial charge on any atom is 0.231 e. The van der Waals surface area contributed by atoms with Crippen molar-refractivity contribution < 1.29 is 9.47 Å². The number of nitrogens with zero attached hydrogens (tertiary/aromatic N) is 5. The van der Waals surface area contributed by atoms with Crippen molar-refractivity contribution in [2.24, 2.45) is 4.99 Å². The molecule has 33 heavy (non-hydrogen) atoms. The minimum absolute atomic E-state index is 0.314. The Kier molecular flexibility index (Phi) is 6.39. The largest absolute Gasteiger partial charge is 0.454 e. The van der Waals surface area contributed by atoms with Gasteiger partial charge in [0.1, 0.15) is 6.33 Å². The van der Waals surface area contributed by atoms with Crippen molar-refractivity contribution in [2.45, 2.75) is 20.0 Å². The molecule has 0 bridgehead atoms. The molecule has 1 aromatic heterocycles. The first-order valence-corrected chi connectivity index (χ1v) is 11.4. The second-order valence-electron chi connectivity index (χ2n) is 8.16. The Hall–Kier alpha value is -3.59. The normalized spacial score (nSPS) is 16.3. The average molecular weight is 448 g/mol. The molecule has 9 heteroatoms. The monoisotopic (exact) mass is 447 g/mol. The first-order valence-electron chi connectivity index (χ1n) is 11.4. The van der Waals surface area contributed by atoms with Gasteiger partial charge in [0.15, 0.2) is 23.3 Å². The second kappa shape index (κ2) is 9.91. The molecule has 5 rings (SSSR count). The predicted molar refractivity (Wildman–Crippen MR) is 126 cm³/mol. The van der Waals surface area contributed by atoms with Crippen LogP contribution in [0.2, 0.25) is 0 Å². The third-order valence-electron chi connectivity index (χ3n) is 5.88. The van der Waals surface area contributed by atoms with Crippen LogP contribution < -0.4 is 14.8 Å². The van der Waals surface area contributed by atoms with Gasteiger partial charge in [-0.05, 0) is 36.2 Å². The lowest BCUT2D eigenvalue weighted by Crippen LogP contribution is -2.52. The van der Waals surface area contributed by atoms with Gasteiger partial charge in [-0.25, -0.2) is 9.98 Å². The van der Waals surface area contributed by atoms with E-state index < -0.39 is 0 Å². The van der Waals surface area contributed by atoms with Crippen molar-refractivity contribution in [1.82, 2.24) is 30.3 Å². The van der Waals surface area contributed by atoms with E-state index in [9.17, 15) is 0 Å². The molecule has 0 unspecified atom stereocenters. The molecule has 1 fully saturated rings. The van der Waals surface area contributed by atoms with Gasteiger partial charge in [-0.2, -0.15) is 5.10 Å². The van der Waals surface area contributed by atoms with E-state index in [-0.39, 0.29) is 0 Å². The van der Waals surface area contributed by atoms with Gasteiger partial charge >= 0.3 is 0 Å². The minimum atomic E-state index is 0.314. The fourth-order valence-electron chi connectivity index (χ4n) is 4.17. The second-order valence-corrected chi connectivity index (χ2v) is 8.16. The number of benzene rings is 2. The molecule has 0 radical (unpaired) electrons. The number of piperazine rings is 1. The van der Waals surface area contributed by atoms with Crippen molar-refractivity contribution in [1.29, 1.82) is 0 Å². The maximum atomic E-state index is 5.51. The summed E-state index contributed by atoms with van der Waals surface area (Å²) in [6.07, 6.45) is 1.52. The minimum Gasteiger partial charge on any atom is -0.454 e. The summed E-state index contributed by atoms with van der Waals surface area (Å²) in [5.41, 5.74) is 3.41. The van der Waals surface area contributed by atoms with Crippen LogP contribution >= 0.6 is 0 Å². The van der Waals surface area contributed by atoms with Gasteiger partial charge in [-0.1, -0.05) is 24.3 Å². The summed E-state index contributed by atoms with van der Waals surface area (Å²) in [7, 11) is 0. The highest BCUT2D eigenvalue weighted by Crippen LogP contribution is 2.32. The Bertz CT molecular complexity index is 1090. The van der Waals surface area contributed by atoms with E-state index >= 15 is 0 Å². The number of nitrogens with one attached hydrogen (secondary N) is 2. The first kappa shape index (κ1) is 21.3. The van der Waals surface area contributed by atoms with Crippen LogP contribution in [0.4, 0.5) is 0 Å². The van der Waals surface area contributed by atoms with Crippen LogP contribution in [-0.2, 0) is 13.1 Å². The summed E-state index contributed by atoms with van der Waals surface area (Å²) in [6.45, 7) is 8.63. The Morgan fingerprint density at radius 2 is 1.94 bits per heavy atom. The number of hydrogen-bond donors (Lipinski definition) is 2. The summed E-state index contributed by atoms with van der Waals surface area (Å²) >= 11 is 0. The molecular formula is C24H29N7O2. The lowest BCUT2D eigenvalue weighted by molar-refractivity contribution is 0.171. The predicted octanol–water partition coefficient (Wildman–Crippen LogP) is 2.48. The highest BCUT2D eigenvalue weighted by Gasteiger charge is 2.21. The van der Waals surface area contributed by atoms with Crippen LogP contribution in [0.3, 0.4) is 0 Å². The van der Waals surface area contributed by atoms with Crippen LogP contribution in [0.5, 0.6) is 11.5 Å². The number of H-pyrrole nitrogens is 1. The number of aromatic nitrogens is 3. The van der Waals surface area contributed by atoms with E-state index in [1.165, 1.54) is 11.9 Å². The molecule has 3 heterocycles. The quantitative estimate of drug-likeness (QED) is 0.443. The van der Waals surface area contributed by atoms with Crippen molar-refractivity contribution in [3.63, 3.8) is 0 Å². The van der Waals surface area contributed by atoms with Gasteiger partial charge in [0.2, 0.25) is 6.79 Å². The average Bonchev–Trinajstić information content (AvgIpc) is 3.55. The van der Waals surface area contributed by atoms with Crippen molar-refractivity contribution in [3.8, 4) is 22.9 Å². The first-order chi connectivity index (χ1) is 16.3. The highest BCUT2D eigenvalue weighted by molar-refractivity contribution is 5.80. The molecule has 0 atom stereocenters. The lowest BCUT2D eigenvalue weighted by Gasteiger charge is -2.36. The number of aromatic amines is 1. The highest BCUT2D eigenvalue weighted by atomic mass is 16.7. The van der Waals surface area contributed by atoms with Crippen LogP contribution in [0.25, 0.3) is 11.4 Å². The van der Waals surface area contributed by atoms with E-state index in [0.29, 0.717) is 13.3 Å². The van der Waals surface area contributed by atoms with Gasteiger partial charge in [0.25, 0.3) is 0 Å². The molecule has 172 valence electrons.